The lowest BCUT2D eigenvalue weighted by Gasteiger charge is -2.13. The van der Waals surface area contributed by atoms with Crippen molar-refractivity contribution in [3.63, 3.8) is 0 Å². The van der Waals surface area contributed by atoms with Gasteiger partial charge >= 0.3 is 5.97 Å². The summed E-state index contributed by atoms with van der Waals surface area (Å²) in [6.07, 6.45) is 2.95. The Morgan fingerprint density at radius 1 is 1.00 bits per heavy atom. The molecule has 0 unspecified atom stereocenters. The average Bonchev–Trinajstić information content (AvgIpc) is 2.54. The van der Waals surface area contributed by atoms with E-state index >= 15 is 0 Å². The predicted octanol–water partition coefficient (Wildman–Crippen LogP) is 2.48. The van der Waals surface area contributed by atoms with Gasteiger partial charge in [0, 0.05) is 40.6 Å². The Hall–Kier alpha value is -3.14. The molecule has 0 saturated carbocycles. The van der Waals surface area contributed by atoms with E-state index < -0.39 is 5.97 Å². The Bertz CT molecular complexity index is 795. The normalized spacial score (nSPS) is 9.48. The number of hydrogen-bond donors (Lipinski definition) is 1. The minimum absolute atomic E-state index is 0.225. The molecule has 0 aromatic carbocycles. The van der Waals surface area contributed by atoms with Gasteiger partial charge in [0.1, 0.15) is 17.7 Å². The molecule has 1 N–H and O–H groups in total. The molecule has 0 aliphatic heterocycles. The van der Waals surface area contributed by atoms with Gasteiger partial charge in [0.05, 0.1) is 11.1 Å². The van der Waals surface area contributed by atoms with Crippen molar-refractivity contribution in [1.82, 2.24) is 9.97 Å². The smallest absolute Gasteiger partial charge is 0.337 e. The van der Waals surface area contributed by atoms with Gasteiger partial charge < -0.3 is 14.9 Å². The SMILES string of the molecule is Cc1cc(C#N)cnc1N(C)C.Cc1cc(C(=O)O)cnc1N(C)C. The zero-order valence-corrected chi connectivity index (χ0v) is 15.4. The summed E-state index contributed by atoms with van der Waals surface area (Å²) in [6.45, 7) is 3.79. The molecule has 2 heterocycles. The van der Waals surface area contributed by atoms with Crippen LogP contribution in [0.25, 0.3) is 0 Å². The Balaban J connectivity index is 0.000000251. The molecule has 0 amide bonds. The summed E-state index contributed by atoms with van der Waals surface area (Å²) < 4.78 is 0. The second-order valence-electron chi connectivity index (χ2n) is 5.93. The Kier molecular flexibility index (Phi) is 6.88. The first-order valence-electron chi connectivity index (χ1n) is 7.58. The van der Waals surface area contributed by atoms with E-state index in [-0.39, 0.29) is 5.56 Å². The number of pyridine rings is 2. The van der Waals surface area contributed by atoms with Crippen LogP contribution >= 0.6 is 0 Å². The van der Waals surface area contributed by atoms with Crippen molar-refractivity contribution in [3.8, 4) is 6.07 Å². The van der Waals surface area contributed by atoms with Crippen LogP contribution in [0.4, 0.5) is 11.6 Å². The predicted molar refractivity (Wildman–Crippen MR) is 98.3 cm³/mol. The lowest BCUT2D eigenvalue weighted by molar-refractivity contribution is 0.0696. The van der Waals surface area contributed by atoms with Gasteiger partial charge in [-0.25, -0.2) is 14.8 Å². The van der Waals surface area contributed by atoms with E-state index in [1.54, 1.807) is 12.3 Å². The summed E-state index contributed by atoms with van der Waals surface area (Å²) in [5.74, 6) is 0.764. The molecule has 0 spiro atoms. The molecule has 0 aliphatic carbocycles. The van der Waals surface area contributed by atoms with Crippen LogP contribution in [0.1, 0.15) is 27.0 Å². The summed E-state index contributed by atoms with van der Waals surface area (Å²) in [5.41, 5.74) is 2.73. The molecule has 2 aromatic rings. The van der Waals surface area contributed by atoms with Crippen LogP contribution < -0.4 is 9.80 Å². The summed E-state index contributed by atoms with van der Waals surface area (Å²) in [7, 11) is 7.61. The van der Waals surface area contributed by atoms with E-state index in [1.807, 2.05) is 57.9 Å². The van der Waals surface area contributed by atoms with Gasteiger partial charge in [0.2, 0.25) is 0 Å². The van der Waals surface area contributed by atoms with Crippen molar-refractivity contribution in [2.45, 2.75) is 13.8 Å². The fraction of sp³-hybridized carbons (Fsp3) is 0.333. The lowest BCUT2D eigenvalue weighted by Crippen LogP contribution is -2.13. The number of anilines is 2. The number of aromatic nitrogens is 2. The maximum atomic E-state index is 10.6. The Labute approximate surface area is 148 Å². The molecule has 7 nitrogen and oxygen atoms in total. The number of carbonyl (C=O) groups is 1. The number of nitriles is 1. The van der Waals surface area contributed by atoms with Crippen LogP contribution in [0.15, 0.2) is 24.5 Å². The highest BCUT2D eigenvalue weighted by molar-refractivity contribution is 5.87. The highest BCUT2D eigenvalue weighted by atomic mass is 16.4. The number of rotatable bonds is 3. The summed E-state index contributed by atoms with van der Waals surface area (Å²) in [5, 5.41) is 17.3. The first kappa shape index (κ1) is 19.9. The number of aryl methyl sites for hydroxylation is 2. The Morgan fingerprint density at radius 2 is 1.48 bits per heavy atom. The fourth-order valence-corrected chi connectivity index (χ4v) is 2.25. The van der Waals surface area contributed by atoms with Crippen molar-refractivity contribution in [1.29, 1.82) is 5.26 Å². The maximum absolute atomic E-state index is 10.6. The van der Waals surface area contributed by atoms with Gasteiger partial charge in [-0.1, -0.05) is 0 Å². The number of carboxylic acids is 1. The fourth-order valence-electron chi connectivity index (χ4n) is 2.25. The van der Waals surface area contributed by atoms with E-state index in [0.717, 1.165) is 22.8 Å². The molecular formula is C18H23N5O2. The summed E-state index contributed by atoms with van der Waals surface area (Å²) in [6, 6.07) is 5.50. The van der Waals surface area contributed by atoms with E-state index in [9.17, 15) is 4.79 Å². The second kappa shape index (κ2) is 8.64. The highest BCUT2D eigenvalue weighted by Gasteiger charge is 2.07. The quantitative estimate of drug-likeness (QED) is 0.916. The molecule has 132 valence electrons. The van der Waals surface area contributed by atoms with Crippen LogP contribution in [0.3, 0.4) is 0 Å². The molecule has 25 heavy (non-hydrogen) atoms. The van der Waals surface area contributed by atoms with Crippen LogP contribution in [0.5, 0.6) is 0 Å². The third-order valence-electron chi connectivity index (χ3n) is 3.32. The molecular weight excluding hydrogens is 318 g/mol. The van der Waals surface area contributed by atoms with Gasteiger partial charge in [-0.15, -0.1) is 0 Å². The molecule has 0 radical (unpaired) electrons. The van der Waals surface area contributed by atoms with E-state index in [2.05, 4.69) is 16.0 Å². The number of nitrogens with zero attached hydrogens (tertiary/aromatic N) is 5. The third kappa shape index (κ3) is 5.46. The van der Waals surface area contributed by atoms with E-state index in [4.69, 9.17) is 10.4 Å². The summed E-state index contributed by atoms with van der Waals surface area (Å²) >= 11 is 0. The number of hydrogen-bond acceptors (Lipinski definition) is 6. The lowest BCUT2D eigenvalue weighted by atomic mass is 10.2. The molecule has 2 rings (SSSR count). The monoisotopic (exact) mass is 341 g/mol. The first-order chi connectivity index (χ1) is 11.7. The van der Waals surface area contributed by atoms with Crippen molar-refractivity contribution < 1.29 is 9.90 Å². The molecule has 0 bridgehead atoms. The van der Waals surface area contributed by atoms with Crippen molar-refractivity contribution in [2.75, 3.05) is 38.0 Å². The minimum Gasteiger partial charge on any atom is -0.478 e. The zero-order chi connectivity index (χ0) is 19.1. The van der Waals surface area contributed by atoms with Gasteiger partial charge in [-0.05, 0) is 37.1 Å². The average molecular weight is 341 g/mol. The topological polar surface area (TPSA) is 93.3 Å². The first-order valence-corrected chi connectivity index (χ1v) is 7.58. The van der Waals surface area contributed by atoms with Crippen LogP contribution in [0, 0.1) is 25.2 Å². The van der Waals surface area contributed by atoms with E-state index in [0.29, 0.717) is 5.56 Å². The molecule has 7 heteroatoms. The van der Waals surface area contributed by atoms with Gasteiger partial charge in [0.15, 0.2) is 0 Å². The van der Waals surface area contributed by atoms with Crippen LogP contribution in [-0.2, 0) is 0 Å². The largest absolute Gasteiger partial charge is 0.478 e. The highest BCUT2D eigenvalue weighted by Crippen LogP contribution is 2.15. The number of carboxylic acid groups (broad SMARTS) is 1. The molecule has 0 aliphatic rings. The standard InChI is InChI=1S/C9H11N3.C9H12N2O2/c1-7-4-8(5-10)6-11-9(7)12(2)3;1-6-4-7(9(12)13)5-10-8(6)11(2)3/h4,6H,1-3H3;4-5H,1-3H3,(H,12,13). The summed E-state index contributed by atoms with van der Waals surface area (Å²) in [4.78, 5) is 22.6. The van der Waals surface area contributed by atoms with Crippen LogP contribution in [-0.4, -0.2) is 49.2 Å². The van der Waals surface area contributed by atoms with Crippen molar-refractivity contribution in [2.24, 2.45) is 0 Å². The molecule has 0 saturated heterocycles. The Morgan fingerprint density at radius 3 is 1.84 bits per heavy atom. The van der Waals surface area contributed by atoms with Crippen LogP contribution in [0.2, 0.25) is 0 Å². The van der Waals surface area contributed by atoms with Crippen molar-refractivity contribution >= 4 is 17.6 Å². The van der Waals surface area contributed by atoms with E-state index in [1.165, 1.54) is 6.20 Å². The molecule has 2 aromatic heterocycles. The van der Waals surface area contributed by atoms with Crippen molar-refractivity contribution in [3.05, 3.63) is 46.8 Å². The second-order valence-corrected chi connectivity index (χ2v) is 5.93. The third-order valence-corrected chi connectivity index (χ3v) is 3.32. The van der Waals surface area contributed by atoms with Gasteiger partial charge in [-0.3, -0.25) is 0 Å². The zero-order valence-electron chi connectivity index (χ0n) is 15.4. The minimum atomic E-state index is -0.944. The van der Waals surface area contributed by atoms with Gasteiger partial charge in [0.25, 0.3) is 0 Å². The molecule has 0 atom stereocenters. The number of aromatic carboxylic acids is 1. The van der Waals surface area contributed by atoms with Gasteiger partial charge in [-0.2, -0.15) is 5.26 Å². The molecule has 0 fully saturated rings. The maximum Gasteiger partial charge on any atom is 0.337 e.